The zero-order chi connectivity index (χ0) is 55.5. The molecule has 0 spiro atoms. The van der Waals surface area contributed by atoms with Crippen LogP contribution < -0.4 is 5.32 Å². The average molecular weight is 1090 g/mol. The molecule has 0 bridgehead atoms. The lowest BCUT2D eigenvalue weighted by Crippen LogP contribution is -2.66. The lowest BCUT2D eigenvalue weighted by molar-refractivity contribution is -0.379. The Morgan fingerprint density at radius 2 is 0.882 bits per heavy atom. The molecular formula is C57H101NO18. The molecular weight excluding hydrogens is 987 g/mol. The molecule has 3 saturated heterocycles. The Kier molecular flexibility index (Phi) is 36.6. The summed E-state index contributed by atoms with van der Waals surface area (Å²) in [4.78, 5) is 13.3. The maximum atomic E-state index is 13.3. The average Bonchev–Trinajstić information content (AvgIpc) is 3.41. The maximum Gasteiger partial charge on any atom is 0.220 e. The molecule has 0 radical (unpaired) electrons. The largest absolute Gasteiger partial charge is 0.394 e. The van der Waals surface area contributed by atoms with Gasteiger partial charge in [-0.2, -0.15) is 0 Å². The van der Waals surface area contributed by atoms with Crippen LogP contribution in [-0.2, 0) is 33.2 Å². The van der Waals surface area contributed by atoms with E-state index < -0.39 is 124 Å². The Morgan fingerprint density at radius 1 is 0.474 bits per heavy atom. The molecule has 17 unspecified atom stereocenters. The van der Waals surface area contributed by atoms with Crippen LogP contribution in [0.2, 0.25) is 0 Å². The van der Waals surface area contributed by atoms with Crippen molar-refractivity contribution in [2.75, 3.05) is 26.4 Å². The van der Waals surface area contributed by atoms with Gasteiger partial charge < -0.3 is 89.9 Å². The molecule has 3 aliphatic rings. The van der Waals surface area contributed by atoms with Gasteiger partial charge in [0, 0.05) is 6.42 Å². The third-order valence-corrected chi connectivity index (χ3v) is 14.3. The number of nitrogens with one attached hydrogen (secondary N) is 1. The number of unbranched alkanes of at least 4 members (excludes halogenated alkanes) is 19. The Bertz CT molecular complexity index is 1580. The highest BCUT2D eigenvalue weighted by Crippen LogP contribution is 2.33. The van der Waals surface area contributed by atoms with E-state index in [9.17, 15) is 61.0 Å². The summed E-state index contributed by atoms with van der Waals surface area (Å²) in [6.45, 7) is 1.64. The van der Waals surface area contributed by atoms with Gasteiger partial charge in [0.2, 0.25) is 5.91 Å². The van der Waals surface area contributed by atoms with E-state index in [2.05, 4.69) is 55.6 Å². The first-order valence-electron chi connectivity index (χ1n) is 28.9. The number of carbonyl (C=O) groups is 1. The van der Waals surface area contributed by atoms with Gasteiger partial charge in [0.15, 0.2) is 18.9 Å². The van der Waals surface area contributed by atoms with Crippen LogP contribution in [0.15, 0.2) is 48.6 Å². The van der Waals surface area contributed by atoms with Crippen LogP contribution in [-0.4, -0.2) is 193 Å². The summed E-state index contributed by atoms with van der Waals surface area (Å²) in [5.41, 5.74) is 0. The van der Waals surface area contributed by atoms with E-state index in [-0.39, 0.29) is 18.9 Å². The lowest BCUT2D eigenvalue weighted by atomic mass is 9.96. The fourth-order valence-corrected chi connectivity index (χ4v) is 9.53. The fraction of sp³-hybridized carbons (Fsp3) is 0.842. The maximum absolute atomic E-state index is 13.3. The van der Waals surface area contributed by atoms with Gasteiger partial charge in [-0.15, -0.1) is 0 Å². The van der Waals surface area contributed by atoms with Gasteiger partial charge in [0.05, 0.1) is 38.6 Å². The van der Waals surface area contributed by atoms with Crippen LogP contribution in [0.3, 0.4) is 0 Å². The molecule has 3 rings (SSSR count). The molecule has 0 saturated carbocycles. The molecule has 17 atom stereocenters. The second-order valence-corrected chi connectivity index (χ2v) is 20.7. The van der Waals surface area contributed by atoms with E-state index in [1.54, 1.807) is 6.08 Å². The molecule has 0 aromatic carbocycles. The van der Waals surface area contributed by atoms with E-state index in [0.29, 0.717) is 12.8 Å². The monoisotopic (exact) mass is 1090 g/mol. The lowest BCUT2D eigenvalue weighted by Gasteiger charge is -2.48. The number of hydrogen-bond donors (Lipinski definition) is 12. The molecule has 12 N–H and O–H groups in total. The van der Waals surface area contributed by atoms with Crippen LogP contribution in [0.25, 0.3) is 0 Å². The van der Waals surface area contributed by atoms with E-state index in [0.717, 1.165) is 64.2 Å². The minimum absolute atomic E-state index is 0.218. The molecule has 0 aromatic heterocycles. The number of ether oxygens (including phenoxy) is 6. The SMILES string of the molecule is CCCCC/C=C\C/C=C\CCCCCCCC(=O)NC(COC1OC(CO)C(OC2OC(CO)C(OC3OC(CO)C(O)C(O)C3O)C(O)C2O)C(O)C1O)C(O)/C=C/CC/C=C/CCCCCCCCCCCC. The summed E-state index contributed by atoms with van der Waals surface area (Å²) in [7, 11) is 0. The molecule has 3 aliphatic heterocycles. The van der Waals surface area contributed by atoms with Crippen molar-refractivity contribution in [2.24, 2.45) is 0 Å². The topological polar surface area (TPSA) is 307 Å². The molecule has 1 amide bonds. The zero-order valence-corrected chi connectivity index (χ0v) is 45.7. The molecule has 19 heteroatoms. The second kappa shape index (κ2) is 40.9. The first-order valence-corrected chi connectivity index (χ1v) is 28.9. The number of hydrogen-bond acceptors (Lipinski definition) is 18. The van der Waals surface area contributed by atoms with Crippen LogP contribution >= 0.6 is 0 Å². The first kappa shape index (κ1) is 68.0. The third-order valence-electron chi connectivity index (χ3n) is 14.3. The van der Waals surface area contributed by atoms with Gasteiger partial charge in [-0.05, 0) is 64.2 Å². The second-order valence-electron chi connectivity index (χ2n) is 20.7. The number of carbonyl (C=O) groups excluding carboxylic acids is 1. The van der Waals surface area contributed by atoms with Crippen molar-refractivity contribution in [1.29, 1.82) is 0 Å². The van der Waals surface area contributed by atoms with Crippen molar-refractivity contribution in [3.05, 3.63) is 48.6 Å². The van der Waals surface area contributed by atoms with Gasteiger partial charge in [0.1, 0.15) is 73.2 Å². The van der Waals surface area contributed by atoms with Crippen molar-refractivity contribution in [3.8, 4) is 0 Å². The third kappa shape index (κ3) is 25.0. The van der Waals surface area contributed by atoms with Crippen molar-refractivity contribution >= 4 is 5.91 Å². The Labute approximate surface area is 453 Å². The normalized spacial score (nSPS) is 31.3. The molecule has 0 aliphatic carbocycles. The predicted octanol–water partition coefficient (Wildman–Crippen LogP) is 4.31. The number of allylic oxidation sites excluding steroid dienone is 7. The van der Waals surface area contributed by atoms with Gasteiger partial charge >= 0.3 is 0 Å². The number of aliphatic hydroxyl groups excluding tert-OH is 11. The van der Waals surface area contributed by atoms with Gasteiger partial charge in [-0.3, -0.25) is 4.79 Å². The van der Waals surface area contributed by atoms with E-state index in [1.165, 1.54) is 77.0 Å². The number of rotatable bonds is 41. The van der Waals surface area contributed by atoms with Crippen LogP contribution in [0.5, 0.6) is 0 Å². The van der Waals surface area contributed by atoms with Gasteiger partial charge in [0.25, 0.3) is 0 Å². The highest BCUT2D eigenvalue weighted by atomic mass is 16.8. The zero-order valence-electron chi connectivity index (χ0n) is 45.7. The van der Waals surface area contributed by atoms with Crippen LogP contribution in [0.4, 0.5) is 0 Å². The minimum atomic E-state index is -1.98. The van der Waals surface area contributed by atoms with Crippen molar-refractivity contribution in [1.82, 2.24) is 5.32 Å². The smallest absolute Gasteiger partial charge is 0.220 e. The Hall–Kier alpha value is -2.25. The van der Waals surface area contributed by atoms with Crippen LogP contribution in [0, 0.1) is 0 Å². The van der Waals surface area contributed by atoms with Gasteiger partial charge in [-0.25, -0.2) is 0 Å². The molecule has 442 valence electrons. The van der Waals surface area contributed by atoms with E-state index in [4.69, 9.17) is 28.4 Å². The standard InChI is InChI=1S/C57H101NO18/c1-3-5-7-9-11-13-15-17-19-21-22-24-26-28-30-32-34-41(62)40(58-45(63)35-33-31-29-27-25-23-20-18-16-14-12-10-8-6-4-2)39-71-55-51(69)48(66)53(43(37-60)73-55)76-57-52(70)49(67)54(44(38-61)74-57)75-56-50(68)47(65)46(64)42(36-59)72-56/h12,14,18,20,24,26,32,34,40-44,46-57,59-62,64-70H,3-11,13,15-17,19,21-23,25,27-31,33,35-39H2,1-2H3,(H,58,63)/b14-12-,20-18-,26-24+,34-32+. The van der Waals surface area contributed by atoms with Crippen LogP contribution in [0.1, 0.15) is 174 Å². The summed E-state index contributed by atoms with van der Waals surface area (Å²) in [6, 6.07) is -0.996. The predicted molar refractivity (Wildman–Crippen MR) is 286 cm³/mol. The minimum Gasteiger partial charge on any atom is -0.394 e. The van der Waals surface area contributed by atoms with E-state index in [1.807, 2.05) is 6.08 Å². The van der Waals surface area contributed by atoms with Crippen molar-refractivity contribution in [2.45, 2.75) is 279 Å². The summed E-state index contributed by atoms with van der Waals surface area (Å²) >= 11 is 0. The number of aliphatic hydroxyl groups is 11. The molecule has 0 aromatic rings. The summed E-state index contributed by atoms with van der Waals surface area (Å²) in [5.74, 6) is -0.302. The summed E-state index contributed by atoms with van der Waals surface area (Å²) in [6.07, 6.45) is 16.7. The quantitative estimate of drug-likeness (QED) is 0.0300. The van der Waals surface area contributed by atoms with Gasteiger partial charge in [-0.1, -0.05) is 152 Å². The highest BCUT2D eigenvalue weighted by Gasteiger charge is 2.53. The fourth-order valence-electron chi connectivity index (χ4n) is 9.53. The number of amides is 1. The Balaban J connectivity index is 1.55. The van der Waals surface area contributed by atoms with Crippen molar-refractivity contribution in [3.63, 3.8) is 0 Å². The summed E-state index contributed by atoms with van der Waals surface area (Å²) in [5, 5.41) is 120. The molecule has 3 heterocycles. The Morgan fingerprint density at radius 3 is 1.42 bits per heavy atom. The summed E-state index contributed by atoms with van der Waals surface area (Å²) < 4.78 is 34.2. The van der Waals surface area contributed by atoms with Crippen molar-refractivity contribution < 1.29 is 89.4 Å². The first-order chi connectivity index (χ1) is 36.8. The molecule has 3 fully saturated rings. The molecule has 19 nitrogen and oxygen atoms in total. The van der Waals surface area contributed by atoms with E-state index >= 15 is 0 Å². The molecule has 76 heavy (non-hydrogen) atoms. The highest BCUT2D eigenvalue weighted by molar-refractivity contribution is 5.76.